The molecule has 0 heterocycles. The number of methoxy groups -OCH3 is 1. The van der Waals surface area contributed by atoms with Crippen molar-refractivity contribution in [1.29, 1.82) is 0 Å². The van der Waals surface area contributed by atoms with E-state index in [1.807, 2.05) is 0 Å². The van der Waals surface area contributed by atoms with E-state index in [0.717, 1.165) is 0 Å². The maximum absolute atomic E-state index is 11.4. The summed E-state index contributed by atoms with van der Waals surface area (Å²) in [5.74, 6) is -0.335. The Morgan fingerprint density at radius 3 is 1.74 bits per heavy atom. The van der Waals surface area contributed by atoms with Gasteiger partial charge in [0, 0.05) is 0 Å². The lowest BCUT2D eigenvalue weighted by Crippen LogP contribution is -2.51. The van der Waals surface area contributed by atoms with Gasteiger partial charge >= 0.3 is 5.97 Å². The fourth-order valence-corrected chi connectivity index (χ4v) is 8.66. The van der Waals surface area contributed by atoms with Crippen LogP contribution in [-0.4, -0.2) is 39.2 Å². The van der Waals surface area contributed by atoms with Gasteiger partial charge in [-0.05, 0) is 16.6 Å². The van der Waals surface area contributed by atoms with Crippen LogP contribution in [0.1, 0.15) is 48.0 Å². The number of hydrogen-bond acceptors (Lipinski definition) is 4. The molecule has 0 aliphatic rings. The number of carbonyl (C=O) groups is 1. The summed E-state index contributed by atoms with van der Waals surface area (Å²) in [4.78, 5) is 11.4. The molecular weight excluding hydrogens is 260 g/mol. The molecule has 0 aliphatic carbocycles. The molecule has 0 amide bonds. The molecular formula is C14H30O4Si. The highest BCUT2D eigenvalue weighted by molar-refractivity contribution is 6.77. The lowest BCUT2D eigenvalue weighted by Gasteiger charge is -2.44. The minimum absolute atomic E-state index is 0.119. The smallest absolute Gasteiger partial charge is 0.308 e. The van der Waals surface area contributed by atoms with Gasteiger partial charge in [-0.3, -0.25) is 4.79 Å². The molecule has 0 aromatic rings. The molecule has 0 aliphatic heterocycles. The van der Waals surface area contributed by atoms with Crippen LogP contribution in [0.5, 0.6) is 0 Å². The molecule has 0 spiro atoms. The van der Waals surface area contributed by atoms with Gasteiger partial charge in [0.1, 0.15) is 0 Å². The highest BCUT2D eigenvalue weighted by Gasteiger charge is 2.46. The molecule has 1 N–H and O–H groups in total. The van der Waals surface area contributed by atoms with E-state index >= 15 is 0 Å². The van der Waals surface area contributed by atoms with Crippen LogP contribution in [0.15, 0.2) is 0 Å². The summed E-state index contributed by atoms with van der Waals surface area (Å²) in [5.41, 5.74) is 1.29. The molecule has 0 unspecified atom stereocenters. The topological polar surface area (TPSA) is 55.8 Å². The first kappa shape index (κ1) is 18.6. The van der Waals surface area contributed by atoms with Gasteiger partial charge in [-0.1, -0.05) is 41.5 Å². The number of aliphatic hydroxyl groups excluding tert-OH is 1. The number of aliphatic hydroxyl groups is 1. The maximum Gasteiger partial charge on any atom is 0.308 e. The predicted molar refractivity (Wildman–Crippen MR) is 79.6 cm³/mol. The Morgan fingerprint density at radius 2 is 1.47 bits per heavy atom. The first-order valence-electron chi connectivity index (χ1n) is 7.07. The van der Waals surface area contributed by atoms with Crippen LogP contribution in [0.4, 0.5) is 0 Å². The van der Waals surface area contributed by atoms with Crippen LogP contribution in [0, 0.1) is 0 Å². The number of rotatable bonds is 8. The van der Waals surface area contributed by atoms with E-state index in [1.165, 1.54) is 7.11 Å². The summed E-state index contributed by atoms with van der Waals surface area (Å²) in [7, 11) is -0.703. The third-order valence-corrected chi connectivity index (χ3v) is 10.1. The summed E-state index contributed by atoms with van der Waals surface area (Å²) in [6.07, 6.45) is -0.334. The summed E-state index contributed by atoms with van der Waals surface area (Å²) < 4.78 is 11.0. The maximum atomic E-state index is 11.4. The highest BCUT2D eigenvalue weighted by atomic mass is 28.4. The van der Waals surface area contributed by atoms with E-state index in [4.69, 9.17) is 4.43 Å². The minimum Gasteiger partial charge on any atom is -0.469 e. The van der Waals surface area contributed by atoms with Crippen molar-refractivity contribution in [2.24, 2.45) is 0 Å². The Morgan fingerprint density at radius 1 is 1.05 bits per heavy atom. The second kappa shape index (κ2) is 8.02. The van der Waals surface area contributed by atoms with Gasteiger partial charge in [0.15, 0.2) is 0 Å². The van der Waals surface area contributed by atoms with E-state index in [-0.39, 0.29) is 19.0 Å². The monoisotopic (exact) mass is 290 g/mol. The molecule has 0 saturated carbocycles. The Bertz CT molecular complexity index is 255. The second-order valence-corrected chi connectivity index (χ2v) is 11.4. The Labute approximate surface area is 118 Å². The molecule has 5 heteroatoms. The van der Waals surface area contributed by atoms with E-state index < -0.39 is 14.4 Å². The molecule has 0 saturated heterocycles. The van der Waals surface area contributed by atoms with Crippen LogP contribution in [0.25, 0.3) is 0 Å². The SMILES string of the molecule is COC(=O)C[C@@H](CO)O[Si](C(C)C)(C(C)C)C(C)C. The second-order valence-electron chi connectivity index (χ2n) is 6.02. The number of esters is 1. The third kappa shape index (κ3) is 4.58. The van der Waals surface area contributed by atoms with Crippen molar-refractivity contribution in [3.63, 3.8) is 0 Å². The van der Waals surface area contributed by atoms with Gasteiger partial charge in [0.2, 0.25) is 8.32 Å². The molecule has 0 radical (unpaired) electrons. The zero-order valence-electron chi connectivity index (χ0n) is 13.4. The largest absolute Gasteiger partial charge is 0.469 e. The Kier molecular flexibility index (Phi) is 7.85. The summed E-state index contributed by atoms with van der Waals surface area (Å²) in [6.45, 7) is 12.9. The number of hydrogen-bond donors (Lipinski definition) is 1. The summed E-state index contributed by atoms with van der Waals surface area (Å²) in [6, 6.07) is 0. The zero-order chi connectivity index (χ0) is 15.2. The van der Waals surface area contributed by atoms with Crippen molar-refractivity contribution >= 4 is 14.3 Å². The minimum atomic E-state index is -2.06. The molecule has 114 valence electrons. The van der Waals surface area contributed by atoms with Gasteiger partial charge in [-0.2, -0.15) is 0 Å². The van der Waals surface area contributed by atoms with Crippen molar-refractivity contribution in [3.05, 3.63) is 0 Å². The Hall–Kier alpha value is -0.393. The molecule has 1 atom stereocenters. The van der Waals surface area contributed by atoms with Crippen molar-refractivity contribution in [2.75, 3.05) is 13.7 Å². The normalized spacial score (nSPS) is 14.3. The van der Waals surface area contributed by atoms with E-state index in [1.54, 1.807) is 0 Å². The Balaban J connectivity index is 5.12. The molecule has 0 aromatic carbocycles. The lowest BCUT2D eigenvalue weighted by molar-refractivity contribution is -0.143. The average Bonchev–Trinajstić information content (AvgIpc) is 2.32. The molecule has 4 nitrogen and oxygen atoms in total. The average molecular weight is 290 g/mol. The van der Waals surface area contributed by atoms with Crippen LogP contribution in [0.3, 0.4) is 0 Å². The van der Waals surface area contributed by atoms with Gasteiger partial charge in [0.05, 0.1) is 26.2 Å². The first-order valence-corrected chi connectivity index (χ1v) is 9.21. The standard InChI is InChI=1S/C14H30O4Si/c1-10(2)19(11(3)4,12(5)6)18-13(9-15)8-14(16)17-7/h10-13,15H,8-9H2,1-7H3/t13-/m0/s1. The third-order valence-electron chi connectivity index (χ3n) is 3.90. The molecule has 0 fully saturated rings. The molecule has 0 rings (SSSR count). The zero-order valence-corrected chi connectivity index (χ0v) is 14.4. The number of carbonyl (C=O) groups excluding carboxylic acids is 1. The first-order chi connectivity index (χ1) is 8.72. The lowest BCUT2D eigenvalue weighted by atomic mass is 10.3. The van der Waals surface area contributed by atoms with Crippen molar-refractivity contribution in [1.82, 2.24) is 0 Å². The molecule has 0 bridgehead atoms. The van der Waals surface area contributed by atoms with Crippen molar-refractivity contribution in [3.8, 4) is 0 Å². The quantitative estimate of drug-likeness (QED) is 0.551. The summed E-state index contributed by atoms with van der Waals surface area (Å²) >= 11 is 0. The molecule has 0 aromatic heterocycles. The van der Waals surface area contributed by atoms with Crippen LogP contribution >= 0.6 is 0 Å². The predicted octanol–water partition coefficient (Wildman–Crippen LogP) is 3.10. The van der Waals surface area contributed by atoms with Gasteiger partial charge in [-0.25, -0.2) is 0 Å². The fraction of sp³-hybridized carbons (Fsp3) is 0.929. The van der Waals surface area contributed by atoms with Crippen molar-refractivity contribution in [2.45, 2.75) is 70.7 Å². The van der Waals surface area contributed by atoms with Gasteiger partial charge in [0.25, 0.3) is 0 Å². The van der Waals surface area contributed by atoms with Gasteiger partial charge < -0.3 is 14.3 Å². The van der Waals surface area contributed by atoms with E-state index in [0.29, 0.717) is 16.6 Å². The van der Waals surface area contributed by atoms with Crippen molar-refractivity contribution < 1.29 is 19.1 Å². The van der Waals surface area contributed by atoms with Crippen LogP contribution in [0.2, 0.25) is 16.6 Å². The highest BCUT2D eigenvalue weighted by Crippen LogP contribution is 2.43. The van der Waals surface area contributed by atoms with E-state index in [2.05, 4.69) is 46.3 Å². The van der Waals surface area contributed by atoms with E-state index in [9.17, 15) is 9.90 Å². The summed E-state index contributed by atoms with van der Waals surface area (Å²) in [5, 5.41) is 9.47. The molecule has 19 heavy (non-hydrogen) atoms. The number of ether oxygens (including phenoxy) is 1. The fourth-order valence-electron chi connectivity index (χ4n) is 3.11. The van der Waals surface area contributed by atoms with Gasteiger partial charge in [-0.15, -0.1) is 0 Å². The van der Waals surface area contributed by atoms with Crippen LogP contribution < -0.4 is 0 Å². The van der Waals surface area contributed by atoms with Crippen LogP contribution in [-0.2, 0) is 14.0 Å².